The minimum absolute atomic E-state index is 0.0486. The number of likely N-dealkylation sites (N-methyl/N-ethyl adjacent to an activating group) is 1. The quantitative estimate of drug-likeness (QED) is 0.869. The van der Waals surface area contributed by atoms with E-state index in [1.54, 1.807) is 11.9 Å². The molecule has 17 heavy (non-hydrogen) atoms. The van der Waals surface area contributed by atoms with Crippen molar-refractivity contribution in [1.29, 1.82) is 0 Å². The zero-order valence-corrected chi connectivity index (χ0v) is 10.9. The van der Waals surface area contributed by atoms with E-state index in [0.29, 0.717) is 0 Å². The molecule has 0 saturated heterocycles. The summed E-state index contributed by atoms with van der Waals surface area (Å²) in [6.07, 6.45) is -0.649. The zero-order chi connectivity index (χ0) is 13.0. The molecule has 1 N–H and O–H groups in total. The molecule has 0 aliphatic carbocycles. The zero-order valence-electron chi connectivity index (χ0n) is 10.9. The lowest BCUT2D eigenvalue weighted by atomic mass is 10.0. The first-order chi connectivity index (χ1) is 7.95. The highest BCUT2D eigenvalue weighted by atomic mass is 16.3. The third kappa shape index (κ3) is 3.30. The Labute approximate surface area is 103 Å². The van der Waals surface area contributed by atoms with Gasteiger partial charge in [0, 0.05) is 13.0 Å². The van der Waals surface area contributed by atoms with Crippen LogP contribution in [0.2, 0.25) is 0 Å². The van der Waals surface area contributed by atoms with Crippen molar-refractivity contribution in [3.63, 3.8) is 0 Å². The smallest absolute Gasteiger partial charge is 0.225 e. The van der Waals surface area contributed by atoms with Gasteiger partial charge in [0.15, 0.2) is 0 Å². The molecule has 0 aliphatic heterocycles. The van der Waals surface area contributed by atoms with Gasteiger partial charge >= 0.3 is 0 Å². The number of carbonyl (C=O) groups is 1. The first kappa shape index (κ1) is 13.7. The number of hydrogen-bond donors (Lipinski definition) is 1. The van der Waals surface area contributed by atoms with Crippen molar-refractivity contribution in [3.8, 4) is 0 Å². The third-order valence-corrected chi connectivity index (χ3v) is 3.05. The van der Waals surface area contributed by atoms with E-state index in [2.05, 4.69) is 0 Å². The summed E-state index contributed by atoms with van der Waals surface area (Å²) in [5.41, 5.74) is 0.836. The van der Waals surface area contributed by atoms with Gasteiger partial charge in [0.05, 0.1) is 12.1 Å². The van der Waals surface area contributed by atoms with Crippen LogP contribution in [0.4, 0.5) is 0 Å². The lowest BCUT2D eigenvalue weighted by Gasteiger charge is -2.30. The summed E-state index contributed by atoms with van der Waals surface area (Å²) in [5.74, 6) is -0.00194. The fourth-order valence-electron chi connectivity index (χ4n) is 1.75. The van der Waals surface area contributed by atoms with Crippen molar-refractivity contribution < 1.29 is 9.90 Å². The van der Waals surface area contributed by atoms with E-state index < -0.39 is 6.10 Å². The fraction of sp³-hybridized carbons (Fsp3) is 0.500. The average Bonchev–Trinajstić information content (AvgIpc) is 2.36. The topological polar surface area (TPSA) is 40.5 Å². The molecule has 1 aromatic carbocycles. The van der Waals surface area contributed by atoms with Crippen LogP contribution in [-0.2, 0) is 4.79 Å². The van der Waals surface area contributed by atoms with E-state index in [1.165, 1.54) is 0 Å². The lowest BCUT2D eigenvalue weighted by molar-refractivity contribution is -0.137. The van der Waals surface area contributed by atoms with Gasteiger partial charge in [-0.2, -0.15) is 0 Å². The summed E-state index contributed by atoms with van der Waals surface area (Å²) in [6, 6.07) is 9.19. The maximum Gasteiger partial charge on any atom is 0.225 e. The molecular formula is C14H21NO2. The Hall–Kier alpha value is -1.35. The molecule has 1 rings (SSSR count). The second-order valence-electron chi connectivity index (χ2n) is 4.70. The molecule has 0 unspecified atom stereocenters. The number of aliphatic hydroxyl groups excluding tert-OH is 1. The van der Waals surface area contributed by atoms with Gasteiger partial charge in [-0.25, -0.2) is 0 Å². The summed E-state index contributed by atoms with van der Waals surface area (Å²) >= 11 is 0. The highest BCUT2D eigenvalue weighted by Crippen LogP contribution is 2.20. The predicted octanol–water partition coefficient (Wildman–Crippen LogP) is 2.22. The second kappa shape index (κ2) is 5.82. The molecule has 0 saturated carbocycles. The summed E-state index contributed by atoms with van der Waals surface area (Å²) in [7, 11) is 1.74. The van der Waals surface area contributed by atoms with Crippen LogP contribution < -0.4 is 0 Å². The molecule has 3 nitrogen and oxygen atoms in total. The van der Waals surface area contributed by atoms with Crippen molar-refractivity contribution in [3.05, 3.63) is 35.9 Å². The average molecular weight is 235 g/mol. The van der Waals surface area contributed by atoms with Crippen molar-refractivity contribution in [1.82, 2.24) is 4.90 Å². The molecule has 0 spiro atoms. The summed E-state index contributed by atoms with van der Waals surface area (Å²) in [4.78, 5) is 13.4. The molecule has 1 amide bonds. The number of hydrogen-bond acceptors (Lipinski definition) is 2. The van der Waals surface area contributed by atoms with E-state index in [1.807, 2.05) is 51.1 Å². The molecule has 0 aliphatic rings. The van der Waals surface area contributed by atoms with Crippen molar-refractivity contribution in [2.45, 2.75) is 32.9 Å². The van der Waals surface area contributed by atoms with Gasteiger partial charge in [-0.3, -0.25) is 4.79 Å². The Morgan fingerprint density at radius 1 is 1.18 bits per heavy atom. The largest absolute Gasteiger partial charge is 0.386 e. The Bertz CT molecular complexity index is 362. The van der Waals surface area contributed by atoms with Crippen LogP contribution in [0.3, 0.4) is 0 Å². The van der Waals surface area contributed by atoms with Crippen LogP contribution in [0.1, 0.15) is 32.4 Å². The second-order valence-corrected chi connectivity index (χ2v) is 4.70. The number of benzene rings is 1. The molecule has 1 aromatic rings. The van der Waals surface area contributed by atoms with Gasteiger partial charge in [0.2, 0.25) is 5.91 Å². The van der Waals surface area contributed by atoms with Gasteiger partial charge < -0.3 is 10.0 Å². The SMILES string of the molecule is CC(C)C(=O)N(C)[C@@H](C)[C@H](O)c1ccccc1. The van der Waals surface area contributed by atoms with Crippen LogP contribution in [0.15, 0.2) is 30.3 Å². The van der Waals surface area contributed by atoms with Gasteiger partial charge in [-0.1, -0.05) is 44.2 Å². The Balaban J connectivity index is 2.76. The number of carbonyl (C=O) groups excluding carboxylic acids is 1. The normalized spacial score (nSPS) is 14.5. The number of amides is 1. The maximum atomic E-state index is 11.8. The van der Waals surface area contributed by atoms with Crippen molar-refractivity contribution in [2.75, 3.05) is 7.05 Å². The first-order valence-electron chi connectivity index (χ1n) is 5.94. The molecule has 0 bridgehead atoms. The highest BCUT2D eigenvalue weighted by Gasteiger charge is 2.25. The minimum atomic E-state index is -0.649. The lowest BCUT2D eigenvalue weighted by Crippen LogP contribution is -2.41. The van der Waals surface area contributed by atoms with Crippen molar-refractivity contribution >= 4 is 5.91 Å². The molecule has 3 heteroatoms. The molecule has 0 aromatic heterocycles. The van der Waals surface area contributed by atoms with E-state index in [4.69, 9.17) is 0 Å². The van der Waals surface area contributed by atoms with E-state index >= 15 is 0 Å². The number of aliphatic hydroxyl groups is 1. The van der Waals surface area contributed by atoms with Gasteiger partial charge in [0.25, 0.3) is 0 Å². The van der Waals surface area contributed by atoms with Crippen LogP contribution in [0, 0.1) is 5.92 Å². The van der Waals surface area contributed by atoms with E-state index in [9.17, 15) is 9.90 Å². The van der Waals surface area contributed by atoms with Crippen LogP contribution in [0.25, 0.3) is 0 Å². The van der Waals surface area contributed by atoms with Gasteiger partial charge in [-0.15, -0.1) is 0 Å². The molecule has 2 atom stereocenters. The minimum Gasteiger partial charge on any atom is -0.386 e. The predicted molar refractivity (Wildman–Crippen MR) is 68.5 cm³/mol. The highest BCUT2D eigenvalue weighted by molar-refractivity contribution is 5.78. The molecular weight excluding hydrogens is 214 g/mol. The molecule has 0 fully saturated rings. The Kier molecular flexibility index (Phi) is 4.70. The van der Waals surface area contributed by atoms with E-state index in [-0.39, 0.29) is 17.9 Å². The number of rotatable bonds is 4. The Morgan fingerprint density at radius 3 is 2.18 bits per heavy atom. The summed E-state index contributed by atoms with van der Waals surface area (Å²) < 4.78 is 0. The van der Waals surface area contributed by atoms with Gasteiger partial charge in [-0.05, 0) is 12.5 Å². The Morgan fingerprint density at radius 2 is 1.71 bits per heavy atom. The summed E-state index contributed by atoms with van der Waals surface area (Å²) in [6.45, 7) is 5.58. The van der Waals surface area contributed by atoms with Gasteiger partial charge in [0.1, 0.15) is 0 Å². The first-order valence-corrected chi connectivity index (χ1v) is 5.94. The summed E-state index contributed by atoms with van der Waals surface area (Å²) in [5, 5.41) is 10.2. The fourth-order valence-corrected chi connectivity index (χ4v) is 1.75. The molecule has 0 radical (unpaired) electrons. The van der Waals surface area contributed by atoms with Crippen molar-refractivity contribution in [2.24, 2.45) is 5.92 Å². The number of nitrogens with zero attached hydrogens (tertiary/aromatic N) is 1. The monoisotopic (exact) mass is 235 g/mol. The standard InChI is InChI=1S/C14H21NO2/c1-10(2)14(17)15(4)11(3)13(16)12-8-6-5-7-9-12/h5-11,13,16H,1-4H3/t11-,13-/m0/s1. The maximum absolute atomic E-state index is 11.8. The molecule has 94 valence electrons. The van der Waals surface area contributed by atoms with Crippen LogP contribution in [-0.4, -0.2) is 29.0 Å². The van der Waals surface area contributed by atoms with Crippen LogP contribution in [0.5, 0.6) is 0 Å². The van der Waals surface area contributed by atoms with Crippen LogP contribution >= 0.6 is 0 Å². The van der Waals surface area contributed by atoms with E-state index in [0.717, 1.165) is 5.56 Å². The third-order valence-electron chi connectivity index (χ3n) is 3.05. The molecule has 0 heterocycles.